The smallest absolute Gasteiger partial charge is 0.248 e. The number of nitrogens with zero attached hydrogens (tertiary/aromatic N) is 3. The average Bonchev–Trinajstić information content (AvgIpc) is 2.97. The Morgan fingerprint density at radius 3 is 2.77 bits per heavy atom. The second kappa shape index (κ2) is 8.78. The maximum atomic E-state index is 5.58. The minimum absolute atomic E-state index is 0.112. The van der Waals surface area contributed by atoms with E-state index < -0.39 is 0 Å². The van der Waals surface area contributed by atoms with Gasteiger partial charge >= 0.3 is 0 Å². The van der Waals surface area contributed by atoms with Crippen molar-refractivity contribution in [3.63, 3.8) is 0 Å². The van der Waals surface area contributed by atoms with Crippen LogP contribution in [0.15, 0.2) is 6.33 Å². The number of imidazole rings is 1. The summed E-state index contributed by atoms with van der Waals surface area (Å²) < 4.78 is 15.8. The van der Waals surface area contributed by atoms with Crippen molar-refractivity contribution >= 4 is 17.1 Å². The number of ether oxygens (including phenoxy) is 3. The van der Waals surface area contributed by atoms with Crippen LogP contribution in [0.4, 0.5) is 5.95 Å². The lowest BCUT2D eigenvalue weighted by Gasteiger charge is -2.02. The van der Waals surface area contributed by atoms with Gasteiger partial charge in [-0.25, -0.2) is 4.98 Å². The van der Waals surface area contributed by atoms with E-state index in [1.165, 1.54) is 6.33 Å². The first-order valence-corrected chi connectivity index (χ1v) is 6.72. The number of nitrogens with one attached hydrogen (secondary N) is 1. The van der Waals surface area contributed by atoms with Crippen molar-refractivity contribution in [3.05, 3.63) is 6.33 Å². The van der Waals surface area contributed by atoms with Crippen LogP contribution >= 0.6 is 0 Å². The molecule has 9 nitrogen and oxygen atoms in total. The van der Waals surface area contributed by atoms with E-state index in [4.69, 9.17) is 25.7 Å². The summed E-state index contributed by atoms with van der Waals surface area (Å²) in [6.07, 6.45) is 1.50. The SMILES string of the molecule is NCCOCCOCC#CCOc1nc(N)nc2[nH]cnc12. The highest BCUT2D eigenvalue weighted by Crippen LogP contribution is 2.19. The lowest BCUT2D eigenvalue weighted by Crippen LogP contribution is -2.12. The fraction of sp³-hybridized carbons (Fsp3) is 0.462. The lowest BCUT2D eigenvalue weighted by molar-refractivity contribution is 0.0636. The van der Waals surface area contributed by atoms with Crippen LogP contribution in [0.25, 0.3) is 11.2 Å². The fourth-order valence-corrected chi connectivity index (χ4v) is 1.56. The maximum Gasteiger partial charge on any atom is 0.248 e. The van der Waals surface area contributed by atoms with Gasteiger partial charge in [0.25, 0.3) is 0 Å². The van der Waals surface area contributed by atoms with Gasteiger partial charge in [0.2, 0.25) is 11.8 Å². The van der Waals surface area contributed by atoms with E-state index >= 15 is 0 Å². The van der Waals surface area contributed by atoms with Crippen molar-refractivity contribution in [2.24, 2.45) is 5.73 Å². The standard InChI is InChI=1S/C13H18N6O3/c14-3-6-21-8-7-20-4-1-2-5-22-12-10-11(17-9-16-10)18-13(15)19-12/h9H,3-8,14H2,(H3,15,16,17,18,19). The minimum Gasteiger partial charge on any atom is -0.463 e. The molecule has 2 aromatic rings. The molecule has 22 heavy (non-hydrogen) atoms. The number of anilines is 1. The molecular formula is C13H18N6O3. The third kappa shape index (κ3) is 4.85. The van der Waals surface area contributed by atoms with Gasteiger partial charge < -0.3 is 30.7 Å². The molecule has 2 rings (SSSR count). The Morgan fingerprint density at radius 1 is 1.09 bits per heavy atom. The molecular weight excluding hydrogens is 288 g/mol. The van der Waals surface area contributed by atoms with Crippen LogP contribution in [0, 0.1) is 11.8 Å². The molecule has 0 saturated carbocycles. The Hall–Kier alpha value is -2.41. The third-order valence-corrected chi connectivity index (χ3v) is 2.48. The van der Waals surface area contributed by atoms with Crippen molar-refractivity contribution in [2.75, 3.05) is 45.3 Å². The zero-order valence-corrected chi connectivity index (χ0v) is 12.0. The normalized spacial score (nSPS) is 10.4. The van der Waals surface area contributed by atoms with Crippen molar-refractivity contribution < 1.29 is 14.2 Å². The number of aromatic nitrogens is 4. The van der Waals surface area contributed by atoms with Crippen molar-refractivity contribution in [1.29, 1.82) is 0 Å². The summed E-state index contributed by atoms with van der Waals surface area (Å²) in [5.41, 5.74) is 11.9. The van der Waals surface area contributed by atoms with E-state index in [1.54, 1.807) is 0 Å². The molecule has 0 aliphatic carbocycles. The molecule has 0 radical (unpaired) electrons. The number of rotatable bonds is 8. The highest BCUT2D eigenvalue weighted by Gasteiger charge is 2.08. The lowest BCUT2D eigenvalue weighted by atomic mass is 10.5. The van der Waals surface area contributed by atoms with E-state index in [2.05, 4.69) is 31.8 Å². The van der Waals surface area contributed by atoms with Gasteiger partial charge in [-0.1, -0.05) is 11.8 Å². The van der Waals surface area contributed by atoms with Gasteiger partial charge in [-0.2, -0.15) is 9.97 Å². The van der Waals surface area contributed by atoms with Gasteiger partial charge in [-0.15, -0.1) is 0 Å². The van der Waals surface area contributed by atoms with Crippen LogP contribution in [0.2, 0.25) is 0 Å². The second-order valence-corrected chi connectivity index (χ2v) is 4.08. The van der Waals surface area contributed by atoms with Crippen molar-refractivity contribution in [2.45, 2.75) is 0 Å². The Labute approximate surface area is 127 Å². The largest absolute Gasteiger partial charge is 0.463 e. The maximum absolute atomic E-state index is 5.58. The third-order valence-electron chi connectivity index (χ3n) is 2.48. The van der Waals surface area contributed by atoms with E-state index in [0.717, 1.165) is 0 Å². The van der Waals surface area contributed by atoms with Crippen molar-refractivity contribution in [3.8, 4) is 17.7 Å². The summed E-state index contributed by atoms with van der Waals surface area (Å²) in [5, 5.41) is 0. The fourth-order valence-electron chi connectivity index (χ4n) is 1.56. The van der Waals surface area contributed by atoms with Crippen LogP contribution < -0.4 is 16.2 Å². The summed E-state index contributed by atoms with van der Waals surface area (Å²) >= 11 is 0. The molecule has 0 spiro atoms. The Morgan fingerprint density at radius 2 is 1.91 bits per heavy atom. The first-order chi connectivity index (χ1) is 10.8. The van der Waals surface area contributed by atoms with Crippen LogP contribution in [-0.4, -0.2) is 59.5 Å². The number of H-pyrrole nitrogens is 1. The van der Waals surface area contributed by atoms with Gasteiger partial charge in [0.1, 0.15) is 6.61 Å². The van der Waals surface area contributed by atoms with E-state index in [1.807, 2.05) is 0 Å². The molecule has 9 heteroatoms. The van der Waals surface area contributed by atoms with Gasteiger partial charge in [-0.05, 0) is 0 Å². The number of hydrogen-bond donors (Lipinski definition) is 3. The summed E-state index contributed by atoms with van der Waals surface area (Å²) in [4.78, 5) is 14.9. The monoisotopic (exact) mass is 306 g/mol. The van der Waals surface area contributed by atoms with E-state index in [0.29, 0.717) is 50.0 Å². The topological polar surface area (TPSA) is 134 Å². The quantitative estimate of drug-likeness (QED) is 0.431. The highest BCUT2D eigenvalue weighted by molar-refractivity contribution is 5.76. The second-order valence-electron chi connectivity index (χ2n) is 4.08. The Bertz CT molecular complexity index is 648. The minimum atomic E-state index is 0.112. The molecule has 118 valence electrons. The van der Waals surface area contributed by atoms with Crippen molar-refractivity contribution in [1.82, 2.24) is 19.9 Å². The molecule has 0 saturated heterocycles. The number of fused-ring (bicyclic) bond motifs is 1. The van der Waals surface area contributed by atoms with Gasteiger partial charge in [0.05, 0.1) is 26.1 Å². The Balaban J connectivity index is 1.70. The number of nitrogen functional groups attached to an aromatic ring is 1. The van der Waals surface area contributed by atoms with Crippen LogP contribution in [-0.2, 0) is 9.47 Å². The molecule has 0 aliphatic heterocycles. The average molecular weight is 306 g/mol. The molecule has 0 aromatic carbocycles. The number of nitrogens with two attached hydrogens (primary N) is 2. The summed E-state index contributed by atoms with van der Waals surface area (Å²) in [6, 6.07) is 0. The van der Waals surface area contributed by atoms with Crippen LogP contribution in [0.3, 0.4) is 0 Å². The molecule has 2 heterocycles. The first kappa shape index (κ1) is 16.0. The van der Waals surface area contributed by atoms with Gasteiger partial charge in [0, 0.05) is 6.54 Å². The van der Waals surface area contributed by atoms with Gasteiger partial charge in [-0.3, -0.25) is 0 Å². The Kier molecular flexibility index (Phi) is 6.38. The summed E-state index contributed by atoms with van der Waals surface area (Å²) in [6.45, 7) is 2.49. The highest BCUT2D eigenvalue weighted by atomic mass is 16.5. The molecule has 0 atom stereocenters. The molecule has 0 fully saturated rings. The molecule has 5 N–H and O–H groups in total. The first-order valence-electron chi connectivity index (χ1n) is 6.72. The zero-order valence-electron chi connectivity index (χ0n) is 12.0. The van der Waals surface area contributed by atoms with E-state index in [-0.39, 0.29) is 12.6 Å². The molecule has 0 unspecified atom stereocenters. The zero-order chi connectivity index (χ0) is 15.6. The molecule has 0 amide bonds. The van der Waals surface area contributed by atoms with E-state index in [9.17, 15) is 0 Å². The van der Waals surface area contributed by atoms with Crippen LogP contribution in [0.1, 0.15) is 0 Å². The number of aromatic amines is 1. The summed E-state index contributed by atoms with van der Waals surface area (Å²) in [5.74, 6) is 6.05. The predicted molar refractivity (Wildman–Crippen MR) is 80.1 cm³/mol. The molecule has 0 aliphatic rings. The van der Waals surface area contributed by atoms with Crippen LogP contribution in [0.5, 0.6) is 5.88 Å². The summed E-state index contributed by atoms with van der Waals surface area (Å²) in [7, 11) is 0. The van der Waals surface area contributed by atoms with Gasteiger partial charge in [0.15, 0.2) is 17.8 Å². The predicted octanol–water partition coefficient (Wildman–Crippen LogP) is -0.691. The molecule has 0 bridgehead atoms. The molecule has 2 aromatic heterocycles. The number of hydrogen-bond acceptors (Lipinski definition) is 8.